The van der Waals surface area contributed by atoms with Gasteiger partial charge in [-0.15, -0.1) is 10.2 Å². The molecular weight excluding hydrogens is 416 g/mol. The van der Waals surface area contributed by atoms with Crippen molar-refractivity contribution in [3.05, 3.63) is 77.3 Å². The molecule has 152 valence electrons. The normalized spacial score (nSPS) is 12.1. The molecule has 0 aliphatic rings. The maximum absolute atomic E-state index is 12.5. The number of fused-ring (bicyclic) bond motifs is 1. The number of halogens is 1. The van der Waals surface area contributed by atoms with Crippen molar-refractivity contribution in [2.24, 2.45) is 7.05 Å². The summed E-state index contributed by atoms with van der Waals surface area (Å²) in [5, 5.41) is 15.1. The van der Waals surface area contributed by atoms with Gasteiger partial charge < -0.3 is 9.88 Å². The van der Waals surface area contributed by atoms with E-state index in [9.17, 15) is 4.79 Å². The van der Waals surface area contributed by atoms with E-state index < -0.39 is 0 Å². The first-order chi connectivity index (χ1) is 14.5. The van der Waals surface area contributed by atoms with Crippen molar-refractivity contribution < 1.29 is 4.79 Å². The van der Waals surface area contributed by atoms with Crippen molar-refractivity contribution in [2.75, 3.05) is 5.75 Å². The second-order valence-electron chi connectivity index (χ2n) is 7.03. The number of hydrogen-bond acceptors (Lipinski definition) is 4. The van der Waals surface area contributed by atoms with E-state index in [4.69, 9.17) is 11.6 Å². The van der Waals surface area contributed by atoms with Crippen LogP contribution in [0.5, 0.6) is 0 Å². The molecule has 4 rings (SSSR count). The summed E-state index contributed by atoms with van der Waals surface area (Å²) in [6.07, 6.45) is 0. The predicted molar refractivity (Wildman–Crippen MR) is 123 cm³/mol. The molecule has 1 unspecified atom stereocenters. The standard InChI is InChI=1S/C23H21ClN4OS/c1-15(17-12-11-16-7-3-4-8-18(16)13-17)25-21(29)14-30-23-27-26-22(28(23)2)19-9-5-6-10-20(19)24/h3-13,15H,14H2,1-2H3,(H,25,29). The Morgan fingerprint density at radius 1 is 1.07 bits per heavy atom. The van der Waals surface area contributed by atoms with Gasteiger partial charge in [0.2, 0.25) is 5.91 Å². The van der Waals surface area contributed by atoms with E-state index in [0.717, 1.165) is 16.5 Å². The van der Waals surface area contributed by atoms with E-state index in [0.29, 0.717) is 16.0 Å². The Morgan fingerprint density at radius 3 is 2.60 bits per heavy atom. The second kappa shape index (κ2) is 8.90. The SMILES string of the molecule is CC(NC(=O)CSc1nnc(-c2ccccc2Cl)n1C)c1ccc2ccccc2c1. The first kappa shape index (κ1) is 20.4. The molecule has 1 heterocycles. The molecule has 3 aromatic carbocycles. The van der Waals surface area contributed by atoms with Crippen LogP contribution in [0, 0.1) is 0 Å². The maximum Gasteiger partial charge on any atom is 0.230 e. The van der Waals surface area contributed by atoms with Crippen LogP contribution in [0.25, 0.3) is 22.2 Å². The minimum absolute atomic E-state index is 0.0528. The van der Waals surface area contributed by atoms with Gasteiger partial charge in [-0.1, -0.05) is 71.9 Å². The van der Waals surface area contributed by atoms with Crippen LogP contribution in [-0.2, 0) is 11.8 Å². The van der Waals surface area contributed by atoms with Crippen LogP contribution in [0.2, 0.25) is 5.02 Å². The number of thioether (sulfide) groups is 1. The summed E-state index contributed by atoms with van der Waals surface area (Å²) >= 11 is 7.62. The van der Waals surface area contributed by atoms with Crippen LogP contribution in [0.3, 0.4) is 0 Å². The maximum atomic E-state index is 12.5. The molecule has 1 atom stereocenters. The fourth-order valence-electron chi connectivity index (χ4n) is 3.29. The van der Waals surface area contributed by atoms with E-state index in [1.54, 1.807) is 0 Å². The summed E-state index contributed by atoms with van der Waals surface area (Å²) < 4.78 is 1.85. The van der Waals surface area contributed by atoms with Gasteiger partial charge in [0, 0.05) is 12.6 Å². The Morgan fingerprint density at radius 2 is 1.80 bits per heavy atom. The van der Waals surface area contributed by atoms with Crippen molar-refractivity contribution in [3.63, 3.8) is 0 Å². The van der Waals surface area contributed by atoms with Crippen LogP contribution in [0.4, 0.5) is 0 Å². The summed E-state index contributed by atoms with van der Waals surface area (Å²) in [7, 11) is 1.87. The van der Waals surface area contributed by atoms with Crippen LogP contribution in [0.1, 0.15) is 18.5 Å². The molecule has 30 heavy (non-hydrogen) atoms. The number of aromatic nitrogens is 3. The summed E-state index contributed by atoms with van der Waals surface area (Å²) in [4.78, 5) is 12.5. The minimum atomic E-state index is -0.0825. The lowest BCUT2D eigenvalue weighted by Gasteiger charge is -2.15. The van der Waals surface area contributed by atoms with Gasteiger partial charge in [-0.25, -0.2) is 0 Å². The molecule has 0 fully saturated rings. The van der Waals surface area contributed by atoms with E-state index >= 15 is 0 Å². The lowest BCUT2D eigenvalue weighted by atomic mass is 10.0. The topological polar surface area (TPSA) is 59.8 Å². The highest BCUT2D eigenvalue weighted by atomic mass is 35.5. The molecule has 0 spiro atoms. The first-order valence-corrected chi connectivity index (χ1v) is 10.9. The molecule has 0 radical (unpaired) electrons. The average Bonchev–Trinajstić information content (AvgIpc) is 3.12. The number of carbonyl (C=O) groups excluding carboxylic acids is 1. The van der Waals surface area contributed by atoms with Crippen LogP contribution in [-0.4, -0.2) is 26.4 Å². The lowest BCUT2D eigenvalue weighted by Crippen LogP contribution is -2.28. The largest absolute Gasteiger partial charge is 0.349 e. The van der Waals surface area contributed by atoms with Gasteiger partial charge in [0.1, 0.15) is 0 Å². The molecular formula is C23H21ClN4OS. The molecule has 5 nitrogen and oxygen atoms in total. The number of rotatable bonds is 6. The Kier molecular flexibility index (Phi) is 6.06. The summed E-state index contributed by atoms with van der Waals surface area (Å²) in [6.45, 7) is 1.99. The quantitative estimate of drug-likeness (QED) is 0.419. The highest BCUT2D eigenvalue weighted by molar-refractivity contribution is 7.99. The third-order valence-electron chi connectivity index (χ3n) is 4.93. The third kappa shape index (κ3) is 4.35. The monoisotopic (exact) mass is 436 g/mol. The van der Waals surface area contributed by atoms with Crippen LogP contribution >= 0.6 is 23.4 Å². The third-order valence-corrected chi connectivity index (χ3v) is 6.28. The van der Waals surface area contributed by atoms with Gasteiger partial charge in [0.25, 0.3) is 0 Å². The fraction of sp³-hybridized carbons (Fsp3) is 0.174. The number of carbonyl (C=O) groups is 1. The Labute approximate surface area is 184 Å². The number of nitrogens with one attached hydrogen (secondary N) is 1. The van der Waals surface area contributed by atoms with E-state index in [2.05, 4.69) is 45.8 Å². The van der Waals surface area contributed by atoms with E-state index in [1.165, 1.54) is 17.1 Å². The number of nitrogens with zero attached hydrogens (tertiary/aromatic N) is 3. The summed E-state index contributed by atoms with van der Waals surface area (Å²) in [6, 6.07) is 21.9. The van der Waals surface area contributed by atoms with Crippen LogP contribution < -0.4 is 5.32 Å². The number of amides is 1. The van der Waals surface area contributed by atoms with Gasteiger partial charge in [0.15, 0.2) is 11.0 Å². The predicted octanol–water partition coefficient (Wildman–Crippen LogP) is 5.26. The molecule has 0 bridgehead atoms. The average molecular weight is 437 g/mol. The highest BCUT2D eigenvalue weighted by Crippen LogP contribution is 2.28. The van der Waals surface area contributed by atoms with Gasteiger partial charge in [-0.3, -0.25) is 4.79 Å². The zero-order valence-electron chi connectivity index (χ0n) is 16.7. The summed E-state index contributed by atoms with van der Waals surface area (Å²) in [5.74, 6) is 0.878. The highest BCUT2D eigenvalue weighted by Gasteiger charge is 2.16. The molecule has 1 N–H and O–H groups in total. The first-order valence-electron chi connectivity index (χ1n) is 9.58. The second-order valence-corrected chi connectivity index (χ2v) is 8.38. The van der Waals surface area contributed by atoms with Crippen molar-refractivity contribution in [1.82, 2.24) is 20.1 Å². The molecule has 4 aromatic rings. The van der Waals surface area contributed by atoms with Gasteiger partial charge in [-0.05, 0) is 41.5 Å². The number of hydrogen-bond donors (Lipinski definition) is 1. The molecule has 0 saturated heterocycles. The molecule has 0 aliphatic carbocycles. The van der Waals surface area contributed by atoms with Crippen LogP contribution in [0.15, 0.2) is 71.9 Å². The van der Waals surface area contributed by atoms with Crippen molar-refractivity contribution in [2.45, 2.75) is 18.1 Å². The molecule has 0 aliphatic heterocycles. The smallest absolute Gasteiger partial charge is 0.230 e. The Balaban J connectivity index is 1.39. The van der Waals surface area contributed by atoms with E-state index in [-0.39, 0.29) is 17.7 Å². The molecule has 1 amide bonds. The van der Waals surface area contributed by atoms with Gasteiger partial charge in [0.05, 0.1) is 16.8 Å². The van der Waals surface area contributed by atoms with Crippen molar-refractivity contribution in [3.8, 4) is 11.4 Å². The van der Waals surface area contributed by atoms with Crippen molar-refractivity contribution >= 4 is 40.0 Å². The zero-order valence-corrected chi connectivity index (χ0v) is 18.2. The molecule has 1 aromatic heterocycles. The molecule has 0 saturated carbocycles. The lowest BCUT2D eigenvalue weighted by molar-refractivity contribution is -0.119. The zero-order chi connectivity index (χ0) is 21.1. The molecule has 7 heteroatoms. The van der Waals surface area contributed by atoms with E-state index in [1.807, 2.05) is 54.9 Å². The van der Waals surface area contributed by atoms with Gasteiger partial charge >= 0.3 is 0 Å². The number of benzene rings is 3. The fourth-order valence-corrected chi connectivity index (χ4v) is 4.23. The Hall–Kier alpha value is -2.83. The van der Waals surface area contributed by atoms with Crippen molar-refractivity contribution in [1.29, 1.82) is 0 Å². The van der Waals surface area contributed by atoms with Gasteiger partial charge in [-0.2, -0.15) is 0 Å². The minimum Gasteiger partial charge on any atom is -0.349 e. The summed E-state index contributed by atoms with van der Waals surface area (Å²) in [5.41, 5.74) is 1.89. The Bertz CT molecular complexity index is 1210.